The predicted octanol–water partition coefficient (Wildman–Crippen LogP) is 2.18. The van der Waals surface area contributed by atoms with E-state index in [4.69, 9.17) is 10.6 Å². The molecule has 0 bridgehead atoms. The van der Waals surface area contributed by atoms with Crippen LogP contribution in [0, 0.1) is 5.92 Å². The molecule has 3 N–H and O–H groups in total. The van der Waals surface area contributed by atoms with E-state index in [-0.39, 0.29) is 17.2 Å². The fraction of sp³-hybridized carbons (Fsp3) is 0.643. The van der Waals surface area contributed by atoms with Gasteiger partial charge in [-0.05, 0) is 46.2 Å². The maximum atomic E-state index is 6.13. The smallest absolute Gasteiger partial charge is 0.0688 e. The molecule has 2 unspecified atom stereocenters. The number of nitrogens with zero attached hydrogens (tertiary/aromatic N) is 1. The minimum absolute atomic E-state index is 0.0166. The topological polar surface area (TPSA) is 60.2 Å². The molecule has 0 radical (unpaired) electrons. The number of ether oxygens (including phenoxy) is 1. The summed E-state index contributed by atoms with van der Waals surface area (Å²) in [5.74, 6) is 6.05. The molecule has 100 valence electrons. The molecule has 0 saturated carbocycles. The van der Waals surface area contributed by atoms with Crippen LogP contribution in [0.5, 0.6) is 0 Å². The standard InChI is InChI=1S/C14H23N3O/c1-13(2)9-10(14(3,4)18-13)12(17-15)11-7-5-6-8-16-11/h5-8,10,12,17H,9,15H2,1-4H3. The van der Waals surface area contributed by atoms with Gasteiger partial charge in [0.15, 0.2) is 0 Å². The van der Waals surface area contributed by atoms with E-state index in [2.05, 4.69) is 38.1 Å². The summed E-state index contributed by atoms with van der Waals surface area (Å²) < 4.78 is 6.13. The van der Waals surface area contributed by atoms with Gasteiger partial charge in [0.1, 0.15) is 0 Å². The van der Waals surface area contributed by atoms with Crippen molar-refractivity contribution in [2.45, 2.75) is 51.4 Å². The van der Waals surface area contributed by atoms with Crippen LogP contribution < -0.4 is 11.3 Å². The number of pyridine rings is 1. The van der Waals surface area contributed by atoms with E-state index in [1.807, 2.05) is 18.2 Å². The minimum atomic E-state index is -0.210. The Bertz CT molecular complexity index is 403. The summed E-state index contributed by atoms with van der Waals surface area (Å²) in [5, 5.41) is 0. The van der Waals surface area contributed by atoms with E-state index >= 15 is 0 Å². The Morgan fingerprint density at radius 3 is 2.56 bits per heavy atom. The monoisotopic (exact) mass is 249 g/mol. The van der Waals surface area contributed by atoms with Crippen molar-refractivity contribution >= 4 is 0 Å². The fourth-order valence-electron chi connectivity index (χ4n) is 3.09. The van der Waals surface area contributed by atoms with Gasteiger partial charge in [-0.2, -0.15) is 0 Å². The van der Waals surface area contributed by atoms with Crippen LogP contribution in [0.2, 0.25) is 0 Å². The maximum absolute atomic E-state index is 6.13. The predicted molar refractivity (Wildman–Crippen MR) is 71.7 cm³/mol. The van der Waals surface area contributed by atoms with E-state index in [1.54, 1.807) is 6.20 Å². The second-order valence-electron chi connectivity index (χ2n) is 6.17. The summed E-state index contributed by atoms with van der Waals surface area (Å²) in [4.78, 5) is 4.41. The average Bonchev–Trinajstić information content (AvgIpc) is 2.50. The van der Waals surface area contributed by atoms with Gasteiger partial charge in [0.05, 0.1) is 22.9 Å². The Morgan fingerprint density at radius 1 is 1.39 bits per heavy atom. The van der Waals surface area contributed by atoms with Crippen LogP contribution in [0.1, 0.15) is 45.9 Å². The van der Waals surface area contributed by atoms with Crippen LogP contribution in [0.25, 0.3) is 0 Å². The summed E-state index contributed by atoms with van der Waals surface area (Å²) in [6.07, 6.45) is 2.76. The van der Waals surface area contributed by atoms with Crippen LogP contribution in [0.15, 0.2) is 24.4 Å². The molecule has 2 atom stereocenters. The van der Waals surface area contributed by atoms with Crippen molar-refractivity contribution in [2.75, 3.05) is 0 Å². The molecule has 18 heavy (non-hydrogen) atoms. The van der Waals surface area contributed by atoms with Crippen molar-refractivity contribution in [2.24, 2.45) is 11.8 Å². The van der Waals surface area contributed by atoms with Crippen molar-refractivity contribution in [1.82, 2.24) is 10.4 Å². The molecule has 4 heteroatoms. The van der Waals surface area contributed by atoms with Gasteiger partial charge in [0.2, 0.25) is 0 Å². The molecular formula is C14H23N3O. The highest BCUT2D eigenvalue weighted by molar-refractivity contribution is 5.13. The van der Waals surface area contributed by atoms with Crippen LogP contribution in [-0.2, 0) is 4.74 Å². The Labute approximate surface area is 109 Å². The summed E-state index contributed by atoms with van der Waals surface area (Å²) in [6, 6.07) is 5.92. The Hall–Kier alpha value is -0.970. The SMILES string of the molecule is CC1(C)CC(C(NN)c2ccccn2)C(C)(C)O1. The molecule has 1 saturated heterocycles. The molecule has 2 heterocycles. The first kappa shape index (κ1) is 13.5. The van der Waals surface area contributed by atoms with Crippen LogP contribution in [0.3, 0.4) is 0 Å². The quantitative estimate of drug-likeness (QED) is 0.637. The lowest BCUT2D eigenvalue weighted by Gasteiger charge is -2.32. The van der Waals surface area contributed by atoms with Crippen LogP contribution in [0.4, 0.5) is 0 Å². The van der Waals surface area contributed by atoms with Gasteiger partial charge in [0, 0.05) is 12.1 Å². The highest BCUT2D eigenvalue weighted by Crippen LogP contribution is 2.47. The first-order chi connectivity index (χ1) is 8.36. The molecule has 0 amide bonds. The van der Waals surface area contributed by atoms with Gasteiger partial charge >= 0.3 is 0 Å². The number of nitrogens with one attached hydrogen (secondary N) is 1. The van der Waals surface area contributed by atoms with Gasteiger partial charge in [-0.15, -0.1) is 0 Å². The van der Waals surface area contributed by atoms with E-state index < -0.39 is 0 Å². The average molecular weight is 249 g/mol. The van der Waals surface area contributed by atoms with Crippen molar-refractivity contribution in [1.29, 1.82) is 0 Å². The Morgan fingerprint density at radius 2 is 2.11 bits per heavy atom. The largest absolute Gasteiger partial charge is 0.369 e. The molecule has 0 spiro atoms. The third-order valence-electron chi connectivity index (χ3n) is 3.73. The number of hydrogen-bond donors (Lipinski definition) is 2. The highest BCUT2D eigenvalue weighted by atomic mass is 16.5. The zero-order chi connectivity index (χ0) is 13.4. The maximum Gasteiger partial charge on any atom is 0.0688 e. The molecule has 4 nitrogen and oxygen atoms in total. The summed E-state index contributed by atoms with van der Waals surface area (Å²) in [7, 11) is 0. The molecule has 1 aliphatic rings. The summed E-state index contributed by atoms with van der Waals surface area (Å²) in [6.45, 7) is 8.50. The third kappa shape index (κ3) is 2.55. The molecule has 1 fully saturated rings. The summed E-state index contributed by atoms with van der Waals surface area (Å²) >= 11 is 0. The Balaban J connectivity index is 2.29. The zero-order valence-corrected chi connectivity index (χ0v) is 11.6. The second-order valence-corrected chi connectivity index (χ2v) is 6.17. The molecular weight excluding hydrogens is 226 g/mol. The lowest BCUT2D eigenvalue weighted by Crippen LogP contribution is -2.41. The zero-order valence-electron chi connectivity index (χ0n) is 11.6. The third-order valence-corrected chi connectivity index (χ3v) is 3.73. The van der Waals surface area contributed by atoms with E-state index in [1.165, 1.54) is 0 Å². The van der Waals surface area contributed by atoms with E-state index in [9.17, 15) is 0 Å². The van der Waals surface area contributed by atoms with Gasteiger partial charge in [-0.1, -0.05) is 6.07 Å². The number of nitrogens with two attached hydrogens (primary N) is 1. The van der Waals surface area contributed by atoms with Crippen LogP contribution >= 0.6 is 0 Å². The van der Waals surface area contributed by atoms with Crippen LogP contribution in [-0.4, -0.2) is 16.2 Å². The minimum Gasteiger partial charge on any atom is -0.369 e. The normalized spacial score (nSPS) is 27.1. The van der Waals surface area contributed by atoms with Crippen molar-refractivity contribution in [3.05, 3.63) is 30.1 Å². The molecule has 1 aromatic rings. The molecule has 0 aliphatic carbocycles. The lowest BCUT2D eigenvalue weighted by atomic mass is 9.80. The Kier molecular flexibility index (Phi) is 3.45. The van der Waals surface area contributed by atoms with Gasteiger partial charge in [-0.25, -0.2) is 0 Å². The number of hydrazine groups is 1. The van der Waals surface area contributed by atoms with E-state index in [0.717, 1.165) is 12.1 Å². The first-order valence-corrected chi connectivity index (χ1v) is 6.43. The van der Waals surface area contributed by atoms with Gasteiger partial charge in [0.25, 0.3) is 0 Å². The number of aromatic nitrogens is 1. The number of hydrogen-bond acceptors (Lipinski definition) is 4. The lowest BCUT2D eigenvalue weighted by molar-refractivity contribution is -0.0780. The van der Waals surface area contributed by atoms with Gasteiger partial charge in [-0.3, -0.25) is 16.3 Å². The molecule has 1 aromatic heterocycles. The highest BCUT2D eigenvalue weighted by Gasteiger charge is 2.49. The molecule has 1 aliphatic heterocycles. The second kappa shape index (κ2) is 4.61. The molecule has 0 aromatic carbocycles. The summed E-state index contributed by atoms with van der Waals surface area (Å²) in [5.41, 5.74) is 3.56. The molecule has 2 rings (SSSR count). The van der Waals surface area contributed by atoms with E-state index in [0.29, 0.717) is 5.92 Å². The van der Waals surface area contributed by atoms with Crippen molar-refractivity contribution in [3.8, 4) is 0 Å². The number of rotatable bonds is 3. The first-order valence-electron chi connectivity index (χ1n) is 6.43. The fourth-order valence-corrected chi connectivity index (χ4v) is 3.09. The van der Waals surface area contributed by atoms with Crippen molar-refractivity contribution < 1.29 is 4.74 Å². The van der Waals surface area contributed by atoms with Gasteiger partial charge < -0.3 is 4.74 Å². The van der Waals surface area contributed by atoms with Crippen molar-refractivity contribution in [3.63, 3.8) is 0 Å².